The summed E-state index contributed by atoms with van der Waals surface area (Å²) in [5.41, 5.74) is 0. The minimum absolute atomic E-state index is 0.00387. The standard InChI is InChI=1S/C76H137N2O6P/c1-6-8-10-12-14-16-18-20-22-24-26-28-30-32-33-34-35-36-37-38-39-40-41-42-43-44-45-46-48-50-52-54-56-58-60-62-64-66-68-70-76(80)77-74(73-84-85(81,82)83-72-71-78(3,4)5)75(79)69-67-65-63-61-59-57-55-53-51-49-47-31-29-27-25-23-21-19-17-15-13-11-9-7-2/h8,10,14,16,20,22,26,28,32-33,35-36,38-39,41-42,67,69,74-75,79H,6-7,9,11-13,15,17-19,21,23-25,27,29-31,34,37,40,43-66,68,70-73H2,1-5H3,(H-,77,80,81,82)/b10-8-,16-14-,22-20-,28-26-,33-32-,36-35-,39-38-,42-41-,69-67+. The summed E-state index contributed by atoms with van der Waals surface area (Å²) in [6.07, 6.45) is 96.3. The van der Waals surface area contributed by atoms with Crippen LogP contribution in [0.25, 0.3) is 0 Å². The Kier molecular flexibility index (Phi) is 63.4. The summed E-state index contributed by atoms with van der Waals surface area (Å²) in [7, 11) is 1.26. The van der Waals surface area contributed by atoms with Gasteiger partial charge in [0.2, 0.25) is 5.91 Å². The number of rotatable bonds is 65. The molecule has 0 saturated heterocycles. The first-order valence-corrected chi connectivity index (χ1v) is 37.2. The Morgan fingerprint density at radius 1 is 0.424 bits per heavy atom. The Hall–Kier alpha value is -2.84. The molecule has 0 bridgehead atoms. The number of quaternary nitrogens is 1. The topological polar surface area (TPSA) is 108 Å². The lowest BCUT2D eigenvalue weighted by atomic mass is 10.0. The molecule has 85 heavy (non-hydrogen) atoms. The Balaban J connectivity index is 4.06. The number of carbonyl (C=O) groups excluding carboxylic acids is 1. The number of nitrogens with zero attached hydrogens (tertiary/aromatic N) is 1. The van der Waals surface area contributed by atoms with Crippen molar-refractivity contribution < 1.29 is 32.9 Å². The monoisotopic (exact) mass is 1210 g/mol. The third kappa shape index (κ3) is 68.5. The number of phosphoric acid groups is 1. The second-order valence-corrected chi connectivity index (χ2v) is 26.6. The number of amides is 1. The van der Waals surface area contributed by atoms with Gasteiger partial charge in [0.05, 0.1) is 39.9 Å². The van der Waals surface area contributed by atoms with Gasteiger partial charge in [-0.15, -0.1) is 0 Å². The molecular weight excluding hydrogens is 1070 g/mol. The van der Waals surface area contributed by atoms with E-state index in [2.05, 4.69) is 116 Å². The molecule has 0 aromatic rings. The summed E-state index contributed by atoms with van der Waals surface area (Å²) >= 11 is 0. The Labute approximate surface area is 527 Å². The van der Waals surface area contributed by atoms with Crippen LogP contribution < -0.4 is 10.2 Å². The molecular formula is C76H137N2O6P. The minimum Gasteiger partial charge on any atom is -0.756 e. The molecule has 0 aromatic carbocycles. The number of hydrogen-bond donors (Lipinski definition) is 2. The summed E-state index contributed by atoms with van der Waals surface area (Å²) in [5, 5.41) is 14.0. The summed E-state index contributed by atoms with van der Waals surface area (Å²) in [6, 6.07) is -0.894. The maximum absolute atomic E-state index is 13.0. The first-order chi connectivity index (χ1) is 41.5. The number of likely N-dealkylation sites (N-methyl/N-ethyl adjacent to an activating group) is 1. The molecule has 0 heterocycles. The Morgan fingerprint density at radius 2 is 0.718 bits per heavy atom. The zero-order valence-electron chi connectivity index (χ0n) is 56.3. The normalized spacial score (nSPS) is 14.3. The average molecular weight is 1210 g/mol. The number of aliphatic hydroxyl groups is 1. The highest BCUT2D eigenvalue weighted by Crippen LogP contribution is 2.38. The van der Waals surface area contributed by atoms with Crippen molar-refractivity contribution in [3.63, 3.8) is 0 Å². The van der Waals surface area contributed by atoms with Crippen molar-refractivity contribution >= 4 is 13.7 Å². The van der Waals surface area contributed by atoms with Gasteiger partial charge in [0.1, 0.15) is 13.2 Å². The van der Waals surface area contributed by atoms with Gasteiger partial charge in [0.25, 0.3) is 7.82 Å². The molecule has 0 saturated carbocycles. The van der Waals surface area contributed by atoms with E-state index < -0.39 is 20.0 Å². The van der Waals surface area contributed by atoms with Gasteiger partial charge in [-0.1, -0.05) is 335 Å². The van der Waals surface area contributed by atoms with Crippen molar-refractivity contribution in [1.29, 1.82) is 0 Å². The van der Waals surface area contributed by atoms with Crippen LogP contribution in [0.15, 0.2) is 109 Å². The second kappa shape index (κ2) is 65.6. The van der Waals surface area contributed by atoms with Crippen molar-refractivity contribution in [2.45, 2.75) is 328 Å². The summed E-state index contributed by atoms with van der Waals surface area (Å²) < 4.78 is 23.5. The lowest BCUT2D eigenvalue weighted by Gasteiger charge is -2.29. The maximum Gasteiger partial charge on any atom is 0.268 e. The predicted molar refractivity (Wildman–Crippen MR) is 371 cm³/mol. The van der Waals surface area contributed by atoms with E-state index in [0.717, 1.165) is 89.9 Å². The van der Waals surface area contributed by atoms with Gasteiger partial charge in [-0.05, 0) is 83.5 Å². The molecule has 492 valence electrons. The van der Waals surface area contributed by atoms with Crippen LogP contribution in [0.1, 0.15) is 316 Å². The highest BCUT2D eigenvalue weighted by atomic mass is 31.2. The van der Waals surface area contributed by atoms with Crippen LogP contribution in [0.3, 0.4) is 0 Å². The zero-order chi connectivity index (χ0) is 61.9. The molecule has 0 aromatic heterocycles. The quantitative estimate of drug-likeness (QED) is 0.0272. The SMILES string of the molecule is CC/C=C\C/C=C\C/C=C\C/C=C\C/C=C\C/C=C\C/C=C\C/C=C\CCCCCCCCCCCCCCCCC(=O)NC(COP(=O)([O-])OCC[N+](C)(C)C)C(O)/C=C/CCCCCCCCCCCCCCCCCCCCCCCC. The fourth-order valence-corrected chi connectivity index (χ4v) is 11.0. The molecule has 2 N–H and O–H groups in total. The van der Waals surface area contributed by atoms with Crippen molar-refractivity contribution in [2.24, 2.45) is 0 Å². The van der Waals surface area contributed by atoms with E-state index in [9.17, 15) is 19.4 Å². The lowest BCUT2D eigenvalue weighted by molar-refractivity contribution is -0.870. The zero-order valence-corrected chi connectivity index (χ0v) is 57.2. The van der Waals surface area contributed by atoms with Crippen LogP contribution in [0.2, 0.25) is 0 Å². The molecule has 8 nitrogen and oxygen atoms in total. The number of aliphatic hydroxyl groups excluding tert-OH is 1. The van der Waals surface area contributed by atoms with Gasteiger partial charge < -0.3 is 28.8 Å². The predicted octanol–water partition coefficient (Wildman–Crippen LogP) is 22.4. The number of phosphoric ester groups is 1. The molecule has 0 fully saturated rings. The molecule has 0 radical (unpaired) electrons. The molecule has 1 amide bonds. The number of hydrogen-bond acceptors (Lipinski definition) is 6. The molecule has 0 spiro atoms. The van der Waals surface area contributed by atoms with Crippen molar-refractivity contribution in [3.8, 4) is 0 Å². The Bertz CT molecular complexity index is 1760. The van der Waals surface area contributed by atoms with Crippen LogP contribution in [0, 0.1) is 0 Å². The van der Waals surface area contributed by atoms with E-state index in [4.69, 9.17) is 9.05 Å². The summed E-state index contributed by atoms with van der Waals surface area (Å²) in [4.78, 5) is 25.6. The molecule has 0 aliphatic rings. The van der Waals surface area contributed by atoms with Crippen LogP contribution in [0.5, 0.6) is 0 Å². The highest BCUT2D eigenvalue weighted by molar-refractivity contribution is 7.45. The fraction of sp³-hybridized carbons (Fsp3) is 0.750. The molecule has 3 atom stereocenters. The van der Waals surface area contributed by atoms with Gasteiger partial charge in [-0.2, -0.15) is 0 Å². The maximum atomic E-state index is 13.0. The smallest absolute Gasteiger partial charge is 0.268 e. The van der Waals surface area contributed by atoms with Crippen LogP contribution in [-0.2, 0) is 18.4 Å². The largest absolute Gasteiger partial charge is 0.756 e. The van der Waals surface area contributed by atoms with Crippen molar-refractivity contribution in [2.75, 3.05) is 40.9 Å². The molecule has 0 aliphatic heterocycles. The Morgan fingerprint density at radius 3 is 1.05 bits per heavy atom. The molecule has 0 aliphatic carbocycles. The number of allylic oxidation sites excluding steroid dienone is 17. The van der Waals surface area contributed by atoms with Crippen molar-refractivity contribution in [3.05, 3.63) is 109 Å². The third-order valence-electron chi connectivity index (χ3n) is 15.7. The van der Waals surface area contributed by atoms with E-state index in [1.54, 1.807) is 6.08 Å². The number of unbranched alkanes of at least 4 members (excludes halogenated alkanes) is 36. The first kappa shape index (κ1) is 82.2. The van der Waals surface area contributed by atoms with Gasteiger partial charge in [0.15, 0.2) is 0 Å². The van der Waals surface area contributed by atoms with Gasteiger partial charge in [0, 0.05) is 6.42 Å². The minimum atomic E-state index is -4.61. The summed E-state index contributed by atoms with van der Waals surface area (Å²) in [6.45, 7) is 4.56. The van der Waals surface area contributed by atoms with Gasteiger partial charge in [-0.25, -0.2) is 0 Å². The number of nitrogens with one attached hydrogen (secondary N) is 1. The molecule has 9 heteroatoms. The van der Waals surface area contributed by atoms with Crippen LogP contribution in [-0.4, -0.2) is 68.5 Å². The fourth-order valence-electron chi connectivity index (χ4n) is 10.2. The molecule has 3 unspecified atom stereocenters. The van der Waals surface area contributed by atoms with E-state index in [1.165, 1.54) is 205 Å². The van der Waals surface area contributed by atoms with E-state index in [0.29, 0.717) is 17.4 Å². The lowest BCUT2D eigenvalue weighted by Crippen LogP contribution is -2.45. The second-order valence-electron chi connectivity index (χ2n) is 25.2. The van der Waals surface area contributed by atoms with Crippen molar-refractivity contribution in [1.82, 2.24) is 5.32 Å². The molecule has 0 rings (SSSR count). The van der Waals surface area contributed by atoms with Gasteiger partial charge in [-0.3, -0.25) is 9.36 Å². The van der Waals surface area contributed by atoms with E-state index in [1.807, 2.05) is 27.2 Å². The third-order valence-corrected chi connectivity index (χ3v) is 16.7. The van der Waals surface area contributed by atoms with Gasteiger partial charge >= 0.3 is 0 Å². The summed E-state index contributed by atoms with van der Waals surface area (Å²) in [5.74, 6) is -0.198. The van der Waals surface area contributed by atoms with Crippen LogP contribution in [0.4, 0.5) is 0 Å². The first-order valence-electron chi connectivity index (χ1n) is 35.7. The van der Waals surface area contributed by atoms with E-state index >= 15 is 0 Å². The average Bonchev–Trinajstić information content (AvgIpc) is 3.49. The van der Waals surface area contributed by atoms with E-state index in [-0.39, 0.29) is 19.1 Å². The highest BCUT2D eigenvalue weighted by Gasteiger charge is 2.23. The van der Waals surface area contributed by atoms with Crippen LogP contribution >= 0.6 is 7.82 Å². The number of carbonyl (C=O) groups is 1.